The van der Waals surface area contributed by atoms with E-state index in [9.17, 15) is 9.59 Å². The largest absolute Gasteiger partial charge is 0.298 e. The van der Waals surface area contributed by atoms with Crippen LogP contribution < -0.4 is 0 Å². The van der Waals surface area contributed by atoms with E-state index in [1.165, 1.54) is 0 Å². The SMILES string of the molecule is CCc1ccc(-c2ccc(Cl)cc2)cc1C1=C(C)C(C)(C)C(=O)C(C)(C)C1=O. The molecular formula is C25H27ClO2. The van der Waals surface area contributed by atoms with Crippen LogP contribution >= 0.6 is 11.6 Å². The number of carbonyl (C=O) groups is 2. The van der Waals surface area contributed by atoms with Gasteiger partial charge in [-0.1, -0.05) is 42.8 Å². The highest BCUT2D eigenvalue weighted by molar-refractivity contribution is 6.34. The second kappa shape index (κ2) is 7.00. The van der Waals surface area contributed by atoms with Gasteiger partial charge in [-0.2, -0.15) is 0 Å². The number of benzene rings is 2. The number of hydrogen-bond donors (Lipinski definition) is 0. The van der Waals surface area contributed by atoms with E-state index in [0.29, 0.717) is 10.6 Å². The molecule has 2 aromatic carbocycles. The number of halogens is 1. The van der Waals surface area contributed by atoms with Crippen LogP contribution in [-0.4, -0.2) is 11.6 Å². The van der Waals surface area contributed by atoms with Gasteiger partial charge in [0.05, 0.1) is 5.41 Å². The average molecular weight is 395 g/mol. The van der Waals surface area contributed by atoms with Crippen LogP contribution in [0, 0.1) is 10.8 Å². The van der Waals surface area contributed by atoms with Gasteiger partial charge in [-0.15, -0.1) is 0 Å². The third-order valence-electron chi connectivity index (χ3n) is 6.18. The van der Waals surface area contributed by atoms with Crippen LogP contribution in [0.2, 0.25) is 5.02 Å². The zero-order valence-corrected chi connectivity index (χ0v) is 18.2. The number of hydrogen-bond acceptors (Lipinski definition) is 2. The Hall–Kier alpha value is -2.19. The lowest BCUT2D eigenvalue weighted by atomic mass is 9.60. The van der Waals surface area contributed by atoms with Gasteiger partial charge in [0.15, 0.2) is 11.6 Å². The Morgan fingerprint density at radius 3 is 2.00 bits per heavy atom. The molecule has 1 aliphatic rings. The summed E-state index contributed by atoms with van der Waals surface area (Å²) in [5.41, 5.74) is 3.97. The van der Waals surface area contributed by atoms with Crippen molar-refractivity contribution in [1.29, 1.82) is 0 Å². The van der Waals surface area contributed by atoms with E-state index >= 15 is 0 Å². The number of rotatable bonds is 3. The standard InChI is InChI=1S/C25H27ClO2/c1-7-16-8-9-18(17-10-12-19(26)13-11-17)14-20(16)21-15(2)24(3,4)23(28)25(5,6)22(21)27/h8-14H,7H2,1-6H3. The lowest BCUT2D eigenvalue weighted by Gasteiger charge is -2.40. The summed E-state index contributed by atoms with van der Waals surface area (Å²) in [6.07, 6.45) is 0.815. The van der Waals surface area contributed by atoms with E-state index in [1.807, 2.05) is 45.0 Å². The molecule has 146 valence electrons. The van der Waals surface area contributed by atoms with E-state index in [4.69, 9.17) is 11.6 Å². The average Bonchev–Trinajstić information content (AvgIpc) is 2.66. The van der Waals surface area contributed by atoms with E-state index in [2.05, 4.69) is 25.1 Å². The van der Waals surface area contributed by atoms with Gasteiger partial charge < -0.3 is 0 Å². The topological polar surface area (TPSA) is 34.1 Å². The van der Waals surface area contributed by atoms with Crippen molar-refractivity contribution in [3.63, 3.8) is 0 Å². The molecule has 0 N–H and O–H groups in total. The molecule has 0 heterocycles. The number of allylic oxidation sites excluding steroid dienone is 2. The molecule has 0 fully saturated rings. The fraction of sp³-hybridized carbons (Fsp3) is 0.360. The van der Waals surface area contributed by atoms with E-state index in [1.54, 1.807) is 13.8 Å². The lowest BCUT2D eigenvalue weighted by molar-refractivity contribution is -0.141. The first-order valence-corrected chi connectivity index (χ1v) is 10.1. The quantitative estimate of drug-likeness (QED) is 0.553. The van der Waals surface area contributed by atoms with E-state index in [-0.39, 0.29) is 11.6 Å². The molecule has 0 bridgehead atoms. The van der Waals surface area contributed by atoms with Crippen LogP contribution in [0.1, 0.15) is 52.7 Å². The summed E-state index contributed by atoms with van der Waals surface area (Å²) >= 11 is 6.03. The van der Waals surface area contributed by atoms with Gasteiger partial charge in [-0.3, -0.25) is 9.59 Å². The van der Waals surface area contributed by atoms with Crippen molar-refractivity contribution in [2.45, 2.75) is 48.0 Å². The minimum absolute atomic E-state index is 0.0156. The minimum atomic E-state index is -1.03. The van der Waals surface area contributed by atoms with Crippen molar-refractivity contribution < 1.29 is 9.59 Å². The Morgan fingerprint density at radius 2 is 1.43 bits per heavy atom. The van der Waals surface area contributed by atoms with Gasteiger partial charge in [0.2, 0.25) is 0 Å². The highest BCUT2D eigenvalue weighted by atomic mass is 35.5. The Kier molecular flexibility index (Phi) is 5.14. The van der Waals surface area contributed by atoms with Crippen molar-refractivity contribution in [2.24, 2.45) is 10.8 Å². The predicted molar refractivity (Wildman–Crippen MR) is 116 cm³/mol. The molecule has 3 heteroatoms. The maximum atomic E-state index is 13.4. The number of carbonyl (C=O) groups excluding carboxylic acids is 2. The second-order valence-electron chi connectivity index (χ2n) is 8.64. The summed E-state index contributed by atoms with van der Waals surface area (Å²) in [6, 6.07) is 13.9. The summed E-state index contributed by atoms with van der Waals surface area (Å²) < 4.78 is 0. The predicted octanol–water partition coefficient (Wildman–Crippen LogP) is 6.55. The first-order valence-electron chi connectivity index (χ1n) is 9.72. The molecule has 28 heavy (non-hydrogen) atoms. The fourth-order valence-corrected chi connectivity index (χ4v) is 4.24. The molecule has 0 saturated carbocycles. The van der Waals surface area contributed by atoms with Crippen molar-refractivity contribution in [2.75, 3.05) is 0 Å². The fourth-order valence-electron chi connectivity index (χ4n) is 4.11. The third kappa shape index (κ3) is 3.14. The minimum Gasteiger partial charge on any atom is -0.298 e. The summed E-state index contributed by atoms with van der Waals surface area (Å²) in [6.45, 7) is 11.4. The summed E-state index contributed by atoms with van der Waals surface area (Å²) in [5, 5.41) is 0.692. The molecule has 2 nitrogen and oxygen atoms in total. The number of ketones is 2. The first-order chi connectivity index (χ1) is 13.0. The molecule has 0 amide bonds. The normalized spacial score (nSPS) is 18.5. The molecule has 2 aromatic rings. The summed E-state index contributed by atoms with van der Waals surface area (Å²) in [7, 11) is 0. The van der Waals surface area contributed by atoms with Gasteiger partial charge in [0.1, 0.15) is 0 Å². The molecule has 0 aromatic heterocycles. The van der Waals surface area contributed by atoms with Crippen molar-refractivity contribution in [3.8, 4) is 11.1 Å². The van der Waals surface area contributed by atoms with E-state index in [0.717, 1.165) is 34.2 Å². The van der Waals surface area contributed by atoms with Crippen molar-refractivity contribution >= 4 is 28.7 Å². The van der Waals surface area contributed by atoms with Crippen LogP contribution in [0.5, 0.6) is 0 Å². The van der Waals surface area contributed by atoms with E-state index < -0.39 is 10.8 Å². The Labute approximate surface area is 172 Å². The molecular weight excluding hydrogens is 368 g/mol. The third-order valence-corrected chi connectivity index (χ3v) is 6.43. The molecule has 0 saturated heterocycles. The molecule has 1 aliphatic carbocycles. The van der Waals surface area contributed by atoms with Crippen molar-refractivity contribution in [1.82, 2.24) is 0 Å². The Morgan fingerprint density at radius 1 is 0.857 bits per heavy atom. The molecule has 0 atom stereocenters. The van der Waals surface area contributed by atoms with Crippen LogP contribution in [0.4, 0.5) is 0 Å². The molecule has 0 aliphatic heterocycles. The molecule has 0 unspecified atom stereocenters. The smallest absolute Gasteiger partial charge is 0.176 e. The lowest BCUT2D eigenvalue weighted by Crippen LogP contribution is -2.47. The molecule has 3 rings (SSSR count). The van der Waals surface area contributed by atoms with Crippen LogP contribution in [0.3, 0.4) is 0 Å². The summed E-state index contributed by atoms with van der Waals surface area (Å²) in [4.78, 5) is 26.4. The molecule has 0 radical (unpaired) electrons. The van der Waals surface area contributed by atoms with Gasteiger partial charge >= 0.3 is 0 Å². The van der Waals surface area contributed by atoms with Gasteiger partial charge in [0, 0.05) is 16.0 Å². The monoisotopic (exact) mass is 394 g/mol. The number of aryl methyl sites for hydroxylation is 1. The second-order valence-corrected chi connectivity index (χ2v) is 9.08. The van der Waals surface area contributed by atoms with Gasteiger partial charge in [-0.25, -0.2) is 0 Å². The number of Topliss-reactive ketones (excluding diaryl/α,β-unsaturated/α-hetero) is 2. The maximum absolute atomic E-state index is 13.4. The van der Waals surface area contributed by atoms with Crippen LogP contribution in [0.15, 0.2) is 48.0 Å². The first kappa shape index (κ1) is 20.5. The molecule has 0 spiro atoms. The maximum Gasteiger partial charge on any atom is 0.176 e. The summed E-state index contributed by atoms with van der Waals surface area (Å²) in [5.74, 6) is -0.101. The highest BCUT2D eigenvalue weighted by Crippen LogP contribution is 2.48. The van der Waals surface area contributed by atoms with Gasteiger partial charge in [-0.05, 0) is 87.1 Å². The van der Waals surface area contributed by atoms with Crippen LogP contribution in [-0.2, 0) is 16.0 Å². The zero-order valence-electron chi connectivity index (χ0n) is 17.4. The van der Waals surface area contributed by atoms with Crippen molar-refractivity contribution in [3.05, 3.63) is 64.2 Å². The van der Waals surface area contributed by atoms with Crippen LogP contribution in [0.25, 0.3) is 16.7 Å². The van der Waals surface area contributed by atoms with Gasteiger partial charge in [0.25, 0.3) is 0 Å². The Bertz CT molecular complexity index is 992. The highest BCUT2D eigenvalue weighted by Gasteiger charge is 2.51. The Balaban J connectivity index is 2.28. The zero-order chi connectivity index (χ0) is 20.9.